The predicted molar refractivity (Wildman–Crippen MR) is 80.5 cm³/mol. The summed E-state index contributed by atoms with van der Waals surface area (Å²) in [5, 5.41) is 0. The van der Waals surface area contributed by atoms with Crippen molar-refractivity contribution in [3.05, 3.63) is 47.7 Å². The van der Waals surface area contributed by atoms with Gasteiger partial charge in [0.25, 0.3) is 0 Å². The summed E-state index contributed by atoms with van der Waals surface area (Å²) in [4.78, 5) is 4.33. The molecule has 0 unspecified atom stereocenters. The molecule has 0 N–H and O–H groups in total. The van der Waals surface area contributed by atoms with Crippen molar-refractivity contribution >= 4 is 21.6 Å². The third kappa shape index (κ3) is 3.45. The lowest BCUT2D eigenvalue weighted by atomic mass is 10.3. The average molecular weight is 329 g/mol. The first-order valence-corrected chi connectivity index (χ1v) is 8.51. The van der Waals surface area contributed by atoms with Gasteiger partial charge in [-0.2, -0.15) is 4.31 Å². The number of alkyl halides is 1. The van der Waals surface area contributed by atoms with Crippen LogP contribution in [-0.4, -0.2) is 24.3 Å². The van der Waals surface area contributed by atoms with Crippen molar-refractivity contribution in [1.82, 2.24) is 9.29 Å². The van der Waals surface area contributed by atoms with Gasteiger partial charge in [0.1, 0.15) is 16.4 Å². The summed E-state index contributed by atoms with van der Waals surface area (Å²) in [6, 6.07) is 6.90. The van der Waals surface area contributed by atoms with Gasteiger partial charge in [0.2, 0.25) is 10.0 Å². The van der Waals surface area contributed by atoms with Gasteiger partial charge < -0.3 is 4.42 Å². The van der Waals surface area contributed by atoms with Crippen LogP contribution in [0.15, 0.2) is 39.8 Å². The molecule has 5 nitrogen and oxygen atoms in total. The summed E-state index contributed by atoms with van der Waals surface area (Å²) in [6.07, 6.45) is 1.64. The molecule has 0 bridgehead atoms. The van der Waals surface area contributed by atoms with Gasteiger partial charge in [0.15, 0.2) is 0 Å². The Balaban J connectivity index is 2.33. The minimum absolute atomic E-state index is 0.142. The summed E-state index contributed by atoms with van der Waals surface area (Å²) in [5.74, 6) is 0.940. The Hall–Kier alpha value is -1.37. The highest BCUT2D eigenvalue weighted by Gasteiger charge is 2.28. The topological polar surface area (TPSA) is 63.4 Å². The fourth-order valence-electron chi connectivity index (χ4n) is 2.02. The maximum atomic E-state index is 12.7. The summed E-state index contributed by atoms with van der Waals surface area (Å²) >= 11 is 5.69. The van der Waals surface area contributed by atoms with Gasteiger partial charge >= 0.3 is 0 Å². The number of furan rings is 1. The number of pyridine rings is 1. The molecule has 0 saturated heterocycles. The number of rotatable bonds is 6. The maximum Gasteiger partial charge on any atom is 0.246 e. The monoisotopic (exact) mass is 328 g/mol. The van der Waals surface area contributed by atoms with Crippen LogP contribution in [0.25, 0.3) is 0 Å². The van der Waals surface area contributed by atoms with E-state index in [4.69, 9.17) is 16.0 Å². The standard InChI is InChI=1S/C14H17ClN2O3S/c1-3-17(10-12-6-4-5-7-16-12)21(18,19)14-8-13(9-15)20-11(14)2/h4-8H,3,9-10H2,1-2H3. The molecule has 0 aromatic carbocycles. The molecule has 0 aliphatic heterocycles. The largest absolute Gasteiger partial charge is 0.464 e. The van der Waals surface area contributed by atoms with Crippen LogP contribution in [0.1, 0.15) is 24.1 Å². The lowest BCUT2D eigenvalue weighted by Crippen LogP contribution is -2.30. The predicted octanol–water partition coefficient (Wildman–Crippen LogP) is 2.93. The van der Waals surface area contributed by atoms with E-state index in [1.165, 1.54) is 10.4 Å². The number of hydrogen-bond acceptors (Lipinski definition) is 4. The number of sulfonamides is 1. The minimum atomic E-state index is -3.63. The first-order chi connectivity index (χ1) is 9.98. The van der Waals surface area contributed by atoms with Gasteiger partial charge in [-0.25, -0.2) is 8.42 Å². The lowest BCUT2D eigenvalue weighted by molar-refractivity contribution is 0.416. The zero-order valence-corrected chi connectivity index (χ0v) is 13.5. The number of nitrogens with zero attached hydrogens (tertiary/aromatic N) is 2. The Morgan fingerprint density at radius 1 is 1.38 bits per heavy atom. The zero-order valence-electron chi connectivity index (χ0n) is 11.9. The molecule has 0 amide bonds. The second kappa shape index (κ2) is 6.60. The van der Waals surface area contributed by atoms with Crippen LogP contribution in [0.5, 0.6) is 0 Å². The Kier molecular flexibility index (Phi) is 5.03. The second-order valence-corrected chi connectivity index (χ2v) is 6.69. The van der Waals surface area contributed by atoms with Gasteiger partial charge in [0, 0.05) is 18.8 Å². The summed E-state index contributed by atoms with van der Waals surface area (Å²) in [5.41, 5.74) is 0.696. The van der Waals surface area contributed by atoms with E-state index in [9.17, 15) is 8.42 Å². The Bertz CT molecular complexity index is 698. The highest BCUT2D eigenvalue weighted by molar-refractivity contribution is 7.89. The first kappa shape index (κ1) is 16.0. The number of halogens is 1. The molecule has 21 heavy (non-hydrogen) atoms. The molecule has 0 radical (unpaired) electrons. The SMILES string of the molecule is CCN(Cc1ccccn1)S(=O)(=O)c1cc(CCl)oc1C. The average Bonchev–Trinajstić information content (AvgIpc) is 2.87. The van der Waals surface area contributed by atoms with Crippen LogP contribution < -0.4 is 0 Å². The van der Waals surface area contributed by atoms with E-state index in [0.717, 1.165) is 0 Å². The van der Waals surface area contributed by atoms with E-state index in [0.29, 0.717) is 23.8 Å². The normalized spacial score (nSPS) is 12.0. The highest BCUT2D eigenvalue weighted by atomic mass is 35.5. The van der Waals surface area contributed by atoms with Crippen molar-refractivity contribution in [3.8, 4) is 0 Å². The molecule has 0 aliphatic rings. The van der Waals surface area contributed by atoms with E-state index >= 15 is 0 Å². The molecule has 0 saturated carbocycles. The Labute approximate surface area is 129 Å². The molecule has 0 spiro atoms. The molecule has 0 atom stereocenters. The third-order valence-electron chi connectivity index (χ3n) is 3.09. The smallest absolute Gasteiger partial charge is 0.246 e. The van der Waals surface area contributed by atoms with Gasteiger partial charge in [-0.1, -0.05) is 13.0 Å². The second-order valence-electron chi connectivity index (χ2n) is 4.52. The van der Waals surface area contributed by atoms with E-state index in [1.807, 2.05) is 6.07 Å². The van der Waals surface area contributed by atoms with Crippen LogP contribution in [0.3, 0.4) is 0 Å². The summed E-state index contributed by atoms with van der Waals surface area (Å²) < 4.78 is 32.1. The van der Waals surface area contributed by atoms with Gasteiger partial charge in [-0.3, -0.25) is 4.98 Å². The van der Waals surface area contributed by atoms with Crippen LogP contribution in [0, 0.1) is 6.92 Å². The van der Waals surface area contributed by atoms with E-state index in [-0.39, 0.29) is 17.3 Å². The van der Waals surface area contributed by atoms with Crippen LogP contribution in [-0.2, 0) is 22.4 Å². The van der Waals surface area contributed by atoms with Crippen LogP contribution in [0.4, 0.5) is 0 Å². The fraction of sp³-hybridized carbons (Fsp3) is 0.357. The number of aryl methyl sites for hydroxylation is 1. The van der Waals surface area contributed by atoms with Crippen molar-refractivity contribution in [2.24, 2.45) is 0 Å². The van der Waals surface area contributed by atoms with Crippen molar-refractivity contribution in [2.75, 3.05) is 6.54 Å². The molecule has 2 rings (SSSR count). The molecule has 114 valence electrons. The fourth-order valence-corrected chi connectivity index (χ4v) is 3.76. The molecule has 2 aromatic heterocycles. The molecule has 0 aliphatic carbocycles. The van der Waals surface area contributed by atoms with Gasteiger partial charge in [0.05, 0.1) is 18.1 Å². The molecule has 7 heteroatoms. The van der Waals surface area contributed by atoms with E-state index in [1.54, 1.807) is 32.2 Å². The van der Waals surface area contributed by atoms with Gasteiger partial charge in [-0.15, -0.1) is 11.6 Å². The molecule has 2 heterocycles. The molecular formula is C14H17ClN2O3S. The first-order valence-electron chi connectivity index (χ1n) is 6.54. The molecule has 2 aromatic rings. The quantitative estimate of drug-likeness (QED) is 0.765. The van der Waals surface area contributed by atoms with Crippen LogP contribution >= 0.6 is 11.6 Å². The minimum Gasteiger partial charge on any atom is -0.464 e. The van der Waals surface area contributed by atoms with E-state index in [2.05, 4.69) is 4.98 Å². The van der Waals surface area contributed by atoms with Crippen LogP contribution in [0.2, 0.25) is 0 Å². The van der Waals surface area contributed by atoms with Gasteiger partial charge in [-0.05, 0) is 19.1 Å². The summed E-state index contributed by atoms with van der Waals surface area (Å²) in [6.45, 7) is 3.98. The number of aromatic nitrogens is 1. The zero-order chi connectivity index (χ0) is 15.5. The van der Waals surface area contributed by atoms with E-state index < -0.39 is 10.0 Å². The van der Waals surface area contributed by atoms with Crippen molar-refractivity contribution in [2.45, 2.75) is 31.2 Å². The van der Waals surface area contributed by atoms with Crippen molar-refractivity contribution in [1.29, 1.82) is 0 Å². The van der Waals surface area contributed by atoms with Crippen molar-refractivity contribution < 1.29 is 12.8 Å². The number of hydrogen-bond donors (Lipinski definition) is 0. The van der Waals surface area contributed by atoms with Crippen molar-refractivity contribution in [3.63, 3.8) is 0 Å². The maximum absolute atomic E-state index is 12.7. The molecule has 0 fully saturated rings. The lowest BCUT2D eigenvalue weighted by Gasteiger charge is -2.19. The highest BCUT2D eigenvalue weighted by Crippen LogP contribution is 2.25. The Morgan fingerprint density at radius 3 is 2.67 bits per heavy atom. The third-order valence-corrected chi connectivity index (χ3v) is 5.38. The Morgan fingerprint density at radius 2 is 2.14 bits per heavy atom. The molecular weight excluding hydrogens is 312 g/mol. The summed E-state index contributed by atoms with van der Waals surface area (Å²) in [7, 11) is -3.63.